The summed E-state index contributed by atoms with van der Waals surface area (Å²) in [6.45, 7) is 2.34. The van der Waals surface area contributed by atoms with Crippen molar-refractivity contribution < 1.29 is 13.2 Å². The van der Waals surface area contributed by atoms with Crippen LogP contribution in [0.3, 0.4) is 0 Å². The summed E-state index contributed by atoms with van der Waals surface area (Å²) in [5, 5.41) is 15.1. The molecule has 1 rings (SSSR count). The molecule has 0 aliphatic rings. The minimum atomic E-state index is -4.62. The summed E-state index contributed by atoms with van der Waals surface area (Å²) in [7, 11) is 0. The molecule has 0 unspecified atom stereocenters. The van der Waals surface area contributed by atoms with Crippen LogP contribution in [0.1, 0.15) is 44.0 Å². The first-order valence-corrected chi connectivity index (χ1v) is 5.41. The van der Waals surface area contributed by atoms with Gasteiger partial charge in [-0.2, -0.15) is 18.4 Å². The van der Waals surface area contributed by atoms with Gasteiger partial charge < -0.3 is 0 Å². The Bertz CT molecular complexity index is 403. The third-order valence-corrected chi connectivity index (χ3v) is 2.33. The SMILES string of the molecule is CCCCCCn1nnc(C(F)(F)F)c1C#N. The molecule has 0 aliphatic heterocycles. The topological polar surface area (TPSA) is 54.5 Å². The van der Waals surface area contributed by atoms with Crippen LogP contribution in [0.5, 0.6) is 0 Å². The van der Waals surface area contributed by atoms with E-state index >= 15 is 0 Å². The molecule has 4 nitrogen and oxygen atoms in total. The third kappa shape index (κ3) is 3.44. The lowest BCUT2D eigenvalue weighted by atomic mass is 10.2. The number of aryl methyl sites for hydroxylation is 1. The third-order valence-electron chi connectivity index (χ3n) is 2.33. The molecule has 7 heteroatoms. The van der Waals surface area contributed by atoms with Crippen molar-refractivity contribution in [1.29, 1.82) is 5.26 Å². The van der Waals surface area contributed by atoms with E-state index in [1.54, 1.807) is 0 Å². The molecule has 1 aromatic rings. The lowest BCUT2D eigenvalue weighted by Crippen LogP contribution is -2.10. The highest BCUT2D eigenvalue weighted by atomic mass is 19.4. The maximum Gasteiger partial charge on any atom is 0.438 e. The van der Waals surface area contributed by atoms with Gasteiger partial charge in [-0.15, -0.1) is 5.10 Å². The number of hydrogen-bond acceptors (Lipinski definition) is 3. The van der Waals surface area contributed by atoms with Gasteiger partial charge in [0.15, 0.2) is 5.69 Å². The van der Waals surface area contributed by atoms with E-state index in [1.165, 1.54) is 6.07 Å². The second kappa shape index (κ2) is 5.66. The number of alkyl halides is 3. The standard InChI is InChI=1S/C10H13F3N4/c1-2-3-4-5-6-17-8(7-14)9(15-16-17)10(11,12)13/h2-6H2,1H3. The largest absolute Gasteiger partial charge is 0.438 e. The second-order valence-corrected chi connectivity index (χ2v) is 3.68. The molecule has 0 spiro atoms. The molecular weight excluding hydrogens is 233 g/mol. The average Bonchev–Trinajstić information content (AvgIpc) is 2.67. The monoisotopic (exact) mass is 246 g/mol. The van der Waals surface area contributed by atoms with Crippen molar-refractivity contribution in [2.75, 3.05) is 0 Å². The van der Waals surface area contributed by atoms with Gasteiger partial charge in [-0.25, -0.2) is 4.68 Å². The molecule has 0 saturated heterocycles. The Morgan fingerprint density at radius 2 is 2.00 bits per heavy atom. The molecule has 0 amide bonds. The van der Waals surface area contributed by atoms with E-state index < -0.39 is 17.6 Å². The van der Waals surface area contributed by atoms with Gasteiger partial charge in [0, 0.05) is 6.54 Å². The van der Waals surface area contributed by atoms with Crippen LogP contribution in [0, 0.1) is 11.3 Å². The summed E-state index contributed by atoms with van der Waals surface area (Å²) in [6.07, 6.45) is -0.961. The minimum Gasteiger partial charge on any atom is -0.234 e. The lowest BCUT2D eigenvalue weighted by Gasteiger charge is -2.03. The summed E-state index contributed by atoms with van der Waals surface area (Å²) < 4.78 is 38.3. The Kier molecular flexibility index (Phi) is 4.49. The molecule has 94 valence electrons. The first kappa shape index (κ1) is 13.5. The summed E-state index contributed by atoms with van der Waals surface area (Å²) in [6, 6.07) is 1.51. The summed E-state index contributed by atoms with van der Waals surface area (Å²) in [5.41, 5.74) is -1.70. The number of halogens is 3. The highest BCUT2D eigenvalue weighted by Crippen LogP contribution is 2.29. The molecule has 0 saturated carbocycles. The van der Waals surface area contributed by atoms with Crippen molar-refractivity contribution in [3.63, 3.8) is 0 Å². The van der Waals surface area contributed by atoms with E-state index in [1.807, 2.05) is 6.92 Å². The quantitative estimate of drug-likeness (QED) is 0.750. The van der Waals surface area contributed by atoms with Crippen LogP contribution < -0.4 is 0 Å². The van der Waals surface area contributed by atoms with Gasteiger partial charge in [0.1, 0.15) is 6.07 Å². The Balaban J connectivity index is 2.75. The highest BCUT2D eigenvalue weighted by molar-refractivity contribution is 5.27. The predicted molar refractivity (Wildman–Crippen MR) is 53.9 cm³/mol. The second-order valence-electron chi connectivity index (χ2n) is 3.68. The number of unbranched alkanes of at least 4 members (excludes halogenated alkanes) is 3. The first-order valence-electron chi connectivity index (χ1n) is 5.41. The van der Waals surface area contributed by atoms with Crippen LogP contribution in [0.25, 0.3) is 0 Å². The Labute approximate surface area is 97.0 Å². The molecule has 0 N–H and O–H groups in total. The van der Waals surface area contributed by atoms with E-state index in [0.717, 1.165) is 23.9 Å². The van der Waals surface area contributed by atoms with Crippen LogP contribution in [0.2, 0.25) is 0 Å². The fraction of sp³-hybridized carbons (Fsp3) is 0.700. The fourth-order valence-corrected chi connectivity index (χ4v) is 1.46. The highest BCUT2D eigenvalue weighted by Gasteiger charge is 2.38. The zero-order valence-corrected chi connectivity index (χ0v) is 9.46. The van der Waals surface area contributed by atoms with E-state index in [0.29, 0.717) is 13.0 Å². The van der Waals surface area contributed by atoms with Crippen molar-refractivity contribution in [2.24, 2.45) is 0 Å². The first-order chi connectivity index (χ1) is 8.00. The van der Waals surface area contributed by atoms with Crippen molar-refractivity contribution in [2.45, 2.75) is 45.3 Å². The van der Waals surface area contributed by atoms with Gasteiger partial charge in [0.25, 0.3) is 0 Å². The summed E-state index contributed by atoms with van der Waals surface area (Å²) in [5.74, 6) is 0. The van der Waals surface area contributed by atoms with Gasteiger partial charge >= 0.3 is 6.18 Å². The van der Waals surface area contributed by atoms with E-state index in [-0.39, 0.29) is 0 Å². The maximum absolute atomic E-state index is 12.4. The molecule has 0 fully saturated rings. The number of rotatable bonds is 5. The van der Waals surface area contributed by atoms with Crippen LogP contribution in [0.15, 0.2) is 0 Å². The Morgan fingerprint density at radius 3 is 2.53 bits per heavy atom. The van der Waals surface area contributed by atoms with Crippen molar-refractivity contribution in [3.8, 4) is 6.07 Å². The molecule has 0 radical (unpaired) electrons. The summed E-state index contributed by atoms with van der Waals surface area (Å²) >= 11 is 0. The van der Waals surface area contributed by atoms with Gasteiger partial charge in [0.05, 0.1) is 0 Å². The number of aromatic nitrogens is 3. The Hall–Kier alpha value is -1.58. The van der Waals surface area contributed by atoms with Crippen LogP contribution >= 0.6 is 0 Å². The smallest absolute Gasteiger partial charge is 0.234 e. The zero-order valence-electron chi connectivity index (χ0n) is 9.46. The van der Waals surface area contributed by atoms with Gasteiger partial charge in [-0.1, -0.05) is 31.4 Å². The van der Waals surface area contributed by atoms with Gasteiger partial charge in [0.2, 0.25) is 5.69 Å². The van der Waals surface area contributed by atoms with E-state index in [2.05, 4.69) is 10.3 Å². The van der Waals surface area contributed by atoms with Crippen molar-refractivity contribution in [3.05, 3.63) is 11.4 Å². The van der Waals surface area contributed by atoms with E-state index in [4.69, 9.17) is 5.26 Å². The average molecular weight is 246 g/mol. The maximum atomic E-state index is 12.4. The molecule has 0 aromatic carbocycles. The van der Waals surface area contributed by atoms with Crippen molar-refractivity contribution in [1.82, 2.24) is 15.0 Å². The molecule has 0 bridgehead atoms. The lowest BCUT2D eigenvalue weighted by molar-refractivity contribution is -0.141. The predicted octanol–water partition coefficient (Wildman–Crippen LogP) is 2.75. The van der Waals surface area contributed by atoms with E-state index in [9.17, 15) is 13.2 Å². The number of nitrogens with zero attached hydrogens (tertiary/aromatic N) is 4. The molecule has 0 aliphatic carbocycles. The van der Waals surface area contributed by atoms with Crippen molar-refractivity contribution >= 4 is 0 Å². The van der Waals surface area contributed by atoms with Gasteiger partial charge in [-0.3, -0.25) is 0 Å². The van der Waals surface area contributed by atoms with Crippen LogP contribution in [-0.4, -0.2) is 15.0 Å². The van der Waals surface area contributed by atoms with Crippen LogP contribution in [-0.2, 0) is 12.7 Å². The Morgan fingerprint density at radius 1 is 1.29 bits per heavy atom. The van der Waals surface area contributed by atoms with Crippen LogP contribution in [0.4, 0.5) is 13.2 Å². The number of nitriles is 1. The molecule has 1 aromatic heterocycles. The zero-order chi connectivity index (χ0) is 12.9. The molecule has 0 atom stereocenters. The minimum absolute atomic E-state index is 0.298. The van der Waals surface area contributed by atoms with Gasteiger partial charge in [-0.05, 0) is 6.42 Å². The molecular formula is C10H13F3N4. The molecule has 17 heavy (non-hydrogen) atoms. The number of hydrogen-bond donors (Lipinski definition) is 0. The fourth-order valence-electron chi connectivity index (χ4n) is 1.46. The molecule has 1 heterocycles. The summed E-state index contributed by atoms with van der Waals surface area (Å²) in [4.78, 5) is 0. The normalized spacial score (nSPS) is 11.5.